The number of halogens is 1. The summed E-state index contributed by atoms with van der Waals surface area (Å²) >= 11 is 0. The van der Waals surface area contributed by atoms with Crippen LogP contribution in [0.5, 0.6) is 0 Å². The lowest BCUT2D eigenvalue weighted by molar-refractivity contribution is -0.120. The van der Waals surface area contributed by atoms with Crippen LogP contribution in [0.1, 0.15) is 35.6 Å². The third-order valence-electron chi connectivity index (χ3n) is 5.77. The first-order chi connectivity index (χ1) is 15.4. The summed E-state index contributed by atoms with van der Waals surface area (Å²) < 4.78 is 15.3. The standard InChI is InChI=1S/C24H25FN6O/c1-16-27-17(2)31(29-16)15-18-4-3-5-22(12-18)28-24(32)19-8-10-30(11-9-19)23-7-6-21(25)13-20(23)14-26/h3-7,12-13,19H,8-11,15H2,1-2H3,(H,28,32). The Balaban J connectivity index is 1.36. The van der Waals surface area contributed by atoms with E-state index in [2.05, 4.69) is 21.5 Å². The Morgan fingerprint density at radius 3 is 2.69 bits per heavy atom. The van der Waals surface area contributed by atoms with Crippen LogP contribution in [0.25, 0.3) is 0 Å². The van der Waals surface area contributed by atoms with E-state index in [0.29, 0.717) is 38.0 Å². The van der Waals surface area contributed by atoms with Crippen LogP contribution in [0.2, 0.25) is 0 Å². The van der Waals surface area contributed by atoms with Crippen LogP contribution in [0.4, 0.5) is 15.8 Å². The first-order valence-corrected chi connectivity index (χ1v) is 10.7. The average Bonchev–Trinajstić information content (AvgIpc) is 3.10. The minimum atomic E-state index is -0.420. The number of carbonyl (C=O) groups is 1. The number of nitriles is 1. The minimum Gasteiger partial charge on any atom is -0.370 e. The van der Waals surface area contributed by atoms with E-state index in [1.807, 2.05) is 47.7 Å². The monoisotopic (exact) mass is 432 g/mol. The Kier molecular flexibility index (Phi) is 6.17. The maximum Gasteiger partial charge on any atom is 0.227 e. The van der Waals surface area contributed by atoms with E-state index in [1.54, 1.807) is 6.07 Å². The zero-order valence-corrected chi connectivity index (χ0v) is 18.2. The molecule has 2 heterocycles. The Morgan fingerprint density at radius 2 is 2.00 bits per heavy atom. The van der Waals surface area contributed by atoms with Gasteiger partial charge in [0.2, 0.25) is 5.91 Å². The van der Waals surface area contributed by atoms with Gasteiger partial charge in [-0.25, -0.2) is 14.1 Å². The van der Waals surface area contributed by atoms with Gasteiger partial charge >= 0.3 is 0 Å². The Hall–Kier alpha value is -3.73. The fraction of sp³-hybridized carbons (Fsp3) is 0.333. The smallest absolute Gasteiger partial charge is 0.227 e. The fourth-order valence-corrected chi connectivity index (χ4v) is 4.13. The molecule has 2 aromatic carbocycles. The lowest BCUT2D eigenvalue weighted by atomic mass is 9.95. The Bertz CT molecular complexity index is 1170. The summed E-state index contributed by atoms with van der Waals surface area (Å²) in [5.41, 5.74) is 2.84. The van der Waals surface area contributed by atoms with Crippen molar-refractivity contribution in [3.8, 4) is 6.07 Å². The molecule has 0 saturated carbocycles. The number of carbonyl (C=O) groups excluding carboxylic acids is 1. The molecule has 7 nitrogen and oxygen atoms in total. The molecule has 1 aliphatic rings. The van der Waals surface area contributed by atoms with Gasteiger partial charge in [0.25, 0.3) is 0 Å². The molecule has 1 aromatic heterocycles. The number of anilines is 2. The molecule has 32 heavy (non-hydrogen) atoms. The van der Waals surface area contributed by atoms with Crippen molar-refractivity contribution in [3.05, 3.63) is 71.1 Å². The Morgan fingerprint density at radius 1 is 1.22 bits per heavy atom. The second kappa shape index (κ2) is 9.18. The number of amides is 1. The van der Waals surface area contributed by atoms with E-state index >= 15 is 0 Å². The molecule has 0 spiro atoms. The molecule has 164 valence electrons. The van der Waals surface area contributed by atoms with E-state index in [4.69, 9.17) is 0 Å². The topological polar surface area (TPSA) is 86.8 Å². The predicted molar refractivity (Wildman–Crippen MR) is 120 cm³/mol. The van der Waals surface area contributed by atoms with Crippen LogP contribution in [0, 0.1) is 36.9 Å². The SMILES string of the molecule is Cc1nc(C)n(Cc2cccc(NC(=O)C3CCN(c4ccc(F)cc4C#N)CC3)c2)n1. The van der Waals surface area contributed by atoms with Gasteiger partial charge in [-0.3, -0.25) is 4.79 Å². The highest BCUT2D eigenvalue weighted by molar-refractivity contribution is 5.92. The van der Waals surface area contributed by atoms with Crippen LogP contribution < -0.4 is 10.2 Å². The van der Waals surface area contributed by atoms with E-state index in [0.717, 1.165) is 28.6 Å². The lowest BCUT2D eigenvalue weighted by Crippen LogP contribution is -2.38. The average molecular weight is 433 g/mol. The summed E-state index contributed by atoms with van der Waals surface area (Å²) in [6, 6.07) is 14.1. The highest BCUT2D eigenvalue weighted by Crippen LogP contribution is 2.27. The summed E-state index contributed by atoms with van der Waals surface area (Å²) in [7, 11) is 0. The van der Waals surface area contributed by atoms with Gasteiger partial charge in [0, 0.05) is 24.7 Å². The number of hydrogen-bond donors (Lipinski definition) is 1. The molecule has 1 aliphatic heterocycles. The first-order valence-electron chi connectivity index (χ1n) is 10.7. The number of hydrogen-bond acceptors (Lipinski definition) is 5. The number of nitrogens with zero attached hydrogens (tertiary/aromatic N) is 5. The molecule has 0 bridgehead atoms. The van der Waals surface area contributed by atoms with E-state index in [1.165, 1.54) is 12.1 Å². The van der Waals surface area contributed by atoms with Gasteiger partial charge in [0.05, 0.1) is 17.8 Å². The summed E-state index contributed by atoms with van der Waals surface area (Å²) in [5.74, 6) is 1.05. The van der Waals surface area contributed by atoms with Crippen molar-refractivity contribution >= 4 is 17.3 Å². The molecule has 0 aliphatic carbocycles. The van der Waals surface area contributed by atoms with Crippen LogP contribution in [0.15, 0.2) is 42.5 Å². The quantitative estimate of drug-likeness (QED) is 0.663. The molecule has 1 N–H and O–H groups in total. The maximum absolute atomic E-state index is 13.4. The van der Waals surface area contributed by atoms with E-state index in [9.17, 15) is 14.4 Å². The second-order valence-electron chi connectivity index (χ2n) is 8.09. The summed E-state index contributed by atoms with van der Waals surface area (Å²) in [4.78, 5) is 19.2. The normalized spacial score (nSPS) is 14.2. The first kappa shape index (κ1) is 21.5. The van der Waals surface area contributed by atoms with Crippen molar-refractivity contribution in [3.63, 3.8) is 0 Å². The number of nitrogens with one attached hydrogen (secondary N) is 1. The largest absolute Gasteiger partial charge is 0.370 e. The molecule has 8 heteroatoms. The zero-order chi connectivity index (χ0) is 22.7. The number of piperidine rings is 1. The van der Waals surface area contributed by atoms with Gasteiger partial charge in [-0.1, -0.05) is 12.1 Å². The van der Waals surface area contributed by atoms with Crippen LogP contribution >= 0.6 is 0 Å². The van der Waals surface area contributed by atoms with E-state index < -0.39 is 5.82 Å². The molecule has 0 unspecified atom stereocenters. The van der Waals surface area contributed by atoms with Crippen LogP contribution in [0.3, 0.4) is 0 Å². The third kappa shape index (κ3) is 4.78. The van der Waals surface area contributed by atoms with Gasteiger partial charge in [-0.2, -0.15) is 10.4 Å². The van der Waals surface area contributed by atoms with Gasteiger partial charge in [0.15, 0.2) is 0 Å². The van der Waals surface area contributed by atoms with Crippen molar-refractivity contribution in [2.24, 2.45) is 5.92 Å². The molecule has 3 aromatic rings. The summed E-state index contributed by atoms with van der Waals surface area (Å²) in [5, 5.41) is 16.7. The zero-order valence-electron chi connectivity index (χ0n) is 18.2. The second-order valence-corrected chi connectivity index (χ2v) is 8.09. The van der Waals surface area contributed by atoms with Crippen molar-refractivity contribution in [1.29, 1.82) is 5.26 Å². The van der Waals surface area contributed by atoms with Crippen LogP contribution in [-0.2, 0) is 11.3 Å². The van der Waals surface area contributed by atoms with Gasteiger partial charge < -0.3 is 10.2 Å². The fourth-order valence-electron chi connectivity index (χ4n) is 4.13. The molecule has 4 rings (SSSR count). The molecule has 0 radical (unpaired) electrons. The number of rotatable bonds is 5. The number of aryl methyl sites for hydroxylation is 2. The minimum absolute atomic E-state index is 0.00538. The van der Waals surface area contributed by atoms with Crippen molar-refractivity contribution in [2.45, 2.75) is 33.2 Å². The summed E-state index contributed by atoms with van der Waals surface area (Å²) in [6.07, 6.45) is 1.34. The number of benzene rings is 2. The van der Waals surface area contributed by atoms with Gasteiger partial charge in [-0.15, -0.1) is 0 Å². The maximum atomic E-state index is 13.4. The number of aromatic nitrogens is 3. The molecule has 1 amide bonds. The highest BCUT2D eigenvalue weighted by atomic mass is 19.1. The van der Waals surface area contributed by atoms with Crippen LogP contribution in [-0.4, -0.2) is 33.8 Å². The molecule has 0 atom stereocenters. The summed E-state index contributed by atoms with van der Waals surface area (Å²) in [6.45, 7) is 5.66. The Labute approximate surface area is 186 Å². The molecular formula is C24H25FN6O. The van der Waals surface area contributed by atoms with Gasteiger partial charge in [-0.05, 0) is 62.6 Å². The van der Waals surface area contributed by atoms with Gasteiger partial charge in [0.1, 0.15) is 23.5 Å². The molecular weight excluding hydrogens is 407 g/mol. The third-order valence-corrected chi connectivity index (χ3v) is 5.77. The lowest BCUT2D eigenvalue weighted by Gasteiger charge is -2.33. The molecule has 1 fully saturated rings. The molecule has 1 saturated heterocycles. The van der Waals surface area contributed by atoms with Crippen molar-refractivity contribution in [2.75, 3.05) is 23.3 Å². The van der Waals surface area contributed by atoms with Crippen molar-refractivity contribution < 1.29 is 9.18 Å². The highest BCUT2D eigenvalue weighted by Gasteiger charge is 2.26. The van der Waals surface area contributed by atoms with Crippen molar-refractivity contribution in [1.82, 2.24) is 14.8 Å². The predicted octanol–water partition coefficient (Wildman–Crippen LogP) is 3.81. The van der Waals surface area contributed by atoms with E-state index in [-0.39, 0.29) is 11.8 Å².